The van der Waals surface area contributed by atoms with E-state index >= 15 is 0 Å². The van der Waals surface area contributed by atoms with Gasteiger partial charge >= 0.3 is 6.09 Å². The molecule has 19 heavy (non-hydrogen) atoms. The highest BCUT2D eigenvalue weighted by atomic mass is 16.6. The summed E-state index contributed by atoms with van der Waals surface area (Å²) in [6.45, 7) is 8.61. The molecule has 1 fully saturated rings. The van der Waals surface area contributed by atoms with Crippen LogP contribution in [0.4, 0.5) is 4.79 Å². The van der Waals surface area contributed by atoms with Gasteiger partial charge in [0.25, 0.3) is 0 Å². The summed E-state index contributed by atoms with van der Waals surface area (Å²) in [5.74, 6) is -0.0456. The molecule has 6 heteroatoms. The monoisotopic (exact) mass is 271 g/mol. The lowest BCUT2D eigenvalue weighted by Crippen LogP contribution is -2.47. The van der Waals surface area contributed by atoms with Gasteiger partial charge < -0.3 is 20.3 Å². The highest BCUT2D eigenvalue weighted by Crippen LogP contribution is 2.15. The zero-order chi connectivity index (χ0) is 14.6. The molecule has 0 aliphatic carbocycles. The highest BCUT2D eigenvalue weighted by molar-refractivity contribution is 5.81. The van der Waals surface area contributed by atoms with Gasteiger partial charge in [-0.05, 0) is 34.1 Å². The number of hydrogen-bond donors (Lipinski definition) is 2. The molecule has 0 aromatic rings. The first-order valence-electron chi connectivity index (χ1n) is 6.68. The van der Waals surface area contributed by atoms with Crippen LogP contribution in [0.2, 0.25) is 0 Å². The molecule has 6 nitrogen and oxygen atoms in total. The molecule has 0 bridgehead atoms. The van der Waals surface area contributed by atoms with E-state index < -0.39 is 5.60 Å². The minimum atomic E-state index is -0.474. The summed E-state index contributed by atoms with van der Waals surface area (Å²) < 4.78 is 5.32. The summed E-state index contributed by atoms with van der Waals surface area (Å²) in [6.07, 6.45) is 0.546. The van der Waals surface area contributed by atoms with Crippen LogP contribution in [-0.4, -0.2) is 54.7 Å². The van der Waals surface area contributed by atoms with Crippen LogP contribution >= 0.6 is 0 Å². The number of amides is 2. The molecule has 110 valence electrons. The van der Waals surface area contributed by atoms with E-state index in [0.717, 1.165) is 6.42 Å². The standard InChI is InChI=1S/C13H25N3O3/c1-9(11(17)14-5)15-10-6-7-16(8-10)12(18)19-13(2,3)4/h9-10,15H,6-8H2,1-5H3,(H,14,17). The molecule has 2 N–H and O–H groups in total. The molecule has 1 aliphatic rings. The molecule has 2 atom stereocenters. The van der Waals surface area contributed by atoms with Gasteiger partial charge in [0.15, 0.2) is 0 Å². The van der Waals surface area contributed by atoms with E-state index in [-0.39, 0.29) is 24.1 Å². The van der Waals surface area contributed by atoms with Gasteiger partial charge in [0.2, 0.25) is 5.91 Å². The summed E-state index contributed by atoms with van der Waals surface area (Å²) in [4.78, 5) is 25.0. The van der Waals surface area contributed by atoms with E-state index in [2.05, 4.69) is 10.6 Å². The predicted molar refractivity (Wildman–Crippen MR) is 72.9 cm³/mol. The summed E-state index contributed by atoms with van der Waals surface area (Å²) in [5.41, 5.74) is -0.474. The first-order chi connectivity index (χ1) is 8.73. The minimum absolute atomic E-state index is 0.0456. The van der Waals surface area contributed by atoms with Crippen molar-refractivity contribution in [2.75, 3.05) is 20.1 Å². The van der Waals surface area contributed by atoms with Crippen LogP contribution < -0.4 is 10.6 Å². The molecule has 1 heterocycles. The summed E-state index contributed by atoms with van der Waals surface area (Å²) in [5, 5.41) is 5.81. The first kappa shape index (κ1) is 15.8. The second kappa shape index (κ2) is 6.23. The van der Waals surface area contributed by atoms with Crippen molar-refractivity contribution in [2.24, 2.45) is 0 Å². The second-order valence-corrected chi connectivity index (χ2v) is 5.91. The van der Waals surface area contributed by atoms with Gasteiger partial charge in [-0.2, -0.15) is 0 Å². The van der Waals surface area contributed by atoms with Crippen molar-refractivity contribution in [1.82, 2.24) is 15.5 Å². The molecule has 2 amide bonds. The molecule has 0 aromatic carbocycles. The smallest absolute Gasteiger partial charge is 0.410 e. The van der Waals surface area contributed by atoms with Crippen LogP contribution in [0.15, 0.2) is 0 Å². The number of nitrogens with zero attached hydrogens (tertiary/aromatic N) is 1. The molecule has 1 aliphatic heterocycles. The maximum absolute atomic E-state index is 11.9. The third kappa shape index (κ3) is 5.06. The third-order valence-electron chi connectivity index (χ3n) is 2.97. The molecule has 1 saturated heterocycles. The van der Waals surface area contributed by atoms with Crippen molar-refractivity contribution in [3.8, 4) is 0 Å². The third-order valence-corrected chi connectivity index (χ3v) is 2.97. The maximum Gasteiger partial charge on any atom is 0.410 e. The number of ether oxygens (including phenoxy) is 1. The molecule has 1 rings (SSSR count). The van der Waals surface area contributed by atoms with Gasteiger partial charge in [-0.25, -0.2) is 4.79 Å². The fraction of sp³-hybridized carbons (Fsp3) is 0.846. The lowest BCUT2D eigenvalue weighted by molar-refractivity contribution is -0.122. The SMILES string of the molecule is CNC(=O)C(C)NC1CCN(C(=O)OC(C)(C)C)C1. The van der Waals surface area contributed by atoms with E-state index in [1.54, 1.807) is 11.9 Å². The number of rotatable bonds is 3. The Hall–Kier alpha value is -1.30. The van der Waals surface area contributed by atoms with E-state index in [4.69, 9.17) is 4.74 Å². The maximum atomic E-state index is 11.9. The average Bonchev–Trinajstić information content (AvgIpc) is 2.74. The number of carbonyl (C=O) groups excluding carboxylic acids is 2. The predicted octanol–water partition coefficient (Wildman–Crippen LogP) is 0.720. The Morgan fingerprint density at radius 3 is 2.53 bits per heavy atom. The lowest BCUT2D eigenvalue weighted by Gasteiger charge is -2.24. The van der Waals surface area contributed by atoms with Crippen molar-refractivity contribution < 1.29 is 14.3 Å². The Balaban J connectivity index is 2.41. The average molecular weight is 271 g/mol. The summed E-state index contributed by atoms with van der Waals surface area (Å²) in [6, 6.07) is -0.117. The molecule has 2 unspecified atom stereocenters. The summed E-state index contributed by atoms with van der Waals surface area (Å²) >= 11 is 0. The van der Waals surface area contributed by atoms with Crippen molar-refractivity contribution in [3.05, 3.63) is 0 Å². The molecular formula is C13H25N3O3. The zero-order valence-corrected chi connectivity index (χ0v) is 12.4. The van der Waals surface area contributed by atoms with Gasteiger partial charge in [-0.15, -0.1) is 0 Å². The Kier molecular flexibility index (Phi) is 5.17. The van der Waals surface area contributed by atoms with E-state index in [1.807, 2.05) is 27.7 Å². The molecular weight excluding hydrogens is 246 g/mol. The van der Waals surface area contributed by atoms with E-state index in [9.17, 15) is 9.59 Å². The van der Waals surface area contributed by atoms with Crippen LogP contribution in [0, 0.1) is 0 Å². The topological polar surface area (TPSA) is 70.7 Å². The fourth-order valence-electron chi connectivity index (χ4n) is 2.03. The van der Waals surface area contributed by atoms with Crippen molar-refractivity contribution in [3.63, 3.8) is 0 Å². The van der Waals surface area contributed by atoms with Crippen LogP contribution in [0.5, 0.6) is 0 Å². The zero-order valence-electron chi connectivity index (χ0n) is 12.4. The first-order valence-corrected chi connectivity index (χ1v) is 6.68. The molecule has 0 radical (unpaired) electrons. The van der Waals surface area contributed by atoms with Gasteiger partial charge in [-0.1, -0.05) is 0 Å². The van der Waals surface area contributed by atoms with Gasteiger partial charge in [0, 0.05) is 26.2 Å². The highest BCUT2D eigenvalue weighted by Gasteiger charge is 2.30. The van der Waals surface area contributed by atoms with E-state index in [0.29, 0.717) is 13.1 Å². The van der Waals surface area contributed by atoms with Gasteiger partial charge in [-0.3, -0.25) is 4.79 Å². The Bertz CT molecular complexity index is 339. The van der Waals surface area contributed by atoms with Crippen LogP contribution in [0.25, 0.3) is 0 Å². The normalized spacial score (nSPS) is 21.1. The van der Waals surface area contributed by atoms with Crippen LogP contribution in [0.3, 0.4) is 0 Å². The quantitative estimate of drug-likeness (QED) is 0.793. The largest absolute Gasteiger partial charge is 0.444 e. The Morgan fingerprint density at radius 1 is 1.37 bits per heavy atom. The number of nitrogens with one attached hydrogen (secondary N) is 2. The number of carbonyl (C=O) groups is 2. The van der Waals surface area contributed by atoms with Gasteiger partial charge in [0.05, 0.1) is 6.04 Å². The van der Waals surface area contributed by atoms with Gasteiger partial charge in [0.1, 0.15) is 5.60 Å². The number of likely N-dealkylation sites (N-methyl/N-ethyl adjacent to an activating group) is 1. The van der Waals surface area contributed by atoms with Crippen molar-refractivity contribution in [2.45, 2.75) is 51.8 Å². The number of hydrogen-bond acceptors (Lipinski definition) is 4. The second-order valence-electron chi connectivity index (χ2n) is 5.91. The molecule has 0 aromatic heterocycles. The van der Waals surface area contributed by atoms with Crippen molar-refractivity contribution >= 4 is 12.0 Å². The Labute approximate surface area is 114 Å². The number of likely N-dealkylation sites (tertiary alicyclic amines) is 1. The molecule has 0 saturated carbocycles. The van der Waals surface area contributed by atoms with Crippen molar-refractivity contribution in [1.29, 1.82) is 0 Å². The lowest BCUT2D eigenvalue weighted by atomic mass is 10.2. The summed E-state index contributed by atoms with van der Waals surface area (Å²) in [7, 11) is 1.61. The molecule has 0 spiro atoms. The van der Waals surface area contributed by atoms with E-state index in [1.165, 1.54) is 0 Å². The fourth-order valence-corrected chi connectivity index (χ4v) is 2.03. The van der Waals surface area contributed by atoms with Crippen LogP contribution in [0.1, 0.15) is 34.1 Å². The van der Waals surface area contributed by atoms with Crippen LogP contribution in [-0.2, 0) is 9.53 Å². The Morgan fingerprint density at radius 2 is 2.00 bits per heavy atom. The minimum Gasteiger partial charge on any atom is -0.444 e.